The summed E-state index contributed by atoms with van der Waals surface area (Å²) < 4.78 is 0. The van der Waals surface area contributed by atoms with Gasteiger partial charge in [0, 0.05) is 24.7 Å². The quantitative estimate of drug-likeness (QED) is 0.391. The summed E-state index contributed by atoms with van der Waals surface area (Å²) in [5.41, 5.74) is 4.50. The number of benzene rings is 3. The van der Waals surface area contributed by atoms with Crippen LogP contribution in [-0.4, -0.2) is 38.8 Å². The Morgan fingerprint density at radius 3 is 1.94 bits per heavy atom. The first-order chi connectivity index (χ1) is 15.2. The smallest absolute Gasteiger partial charge is 0.233 e. The van der Waals surface area contributed by atoms with Gasteiger partial charge in [-0.3, -0.25) is 4.79 Å². The normalized spacial score (nSPS) is 10.6. The van der Waals surface area contributed by atoms with Crippen molar-refractivity contribution in [2.45, 2.75) is 11.7 Å². The molecule has 0 saturated heterocycles. The van der Waals surface area contributed by atoms with Gasteiger partial charge in [0.25, 0.3) is 0 Å². The zero-order chi connectivity index (χ0) is 21.5. The number of aromatic nitrogens is 3. The second-order valence-electron chi connectivity index (χ2n) is 7.05. The second-order valence-corrected chi connectivity index (χ2v) is 7.99. The summed E-state index contributed by atoms with van der Waals surface area (Å²) in [5.74, 6) is 0.273. The number of carbonyl (C=O) groups excluding carboxylic acids is 1. The van der Waals surface area contributed by atoms with Gasteiger partial charge in [0.1, 0.15) is 11.4 Å². The van der Waals surface area contributed by atoms with Crippen LogP contribution in [0, 0.1) is 0 Å². The van der Waals surface area contributed by atoms with Gasteiger partial charge < -0.3 is 4.90 Å². The summed E-state index contributed by atoms with van der Waals surface area (Å²) in [6, 6.07) is 29.8. The zero-order valence-corrected chi connectivity index (χ0v) is 18.0. The molecule has 31 heavy (non-hydrogen) atoms. The predicted octanol–water partition coefficient (Wildman–Crippen LogP) is 4.96. The summed E-state index contributed by atoms with van der Waals surface area (Å²) >= 11 is 1.30. The molecule has 0 aliphatic rings. The highest BCUT2D eigenvalue weighted by molar-refractivity contribution is 7.99. The Kier molecular flexibility index (Phi) is 6.69. The van der Waals surface area contributed by atoms with E-state index in [4.69, 9.17) is 4.98 Å². The van der Waals surface area contributed by atoms with E-state index in [1.807, 2.05) is 98.0 Å². The molecule has 6 heteroatoms. The van der Waals surface area contributed by atoms with Gasteiger partial charge in [0.15, 0.2) is 0 Å². The minimum absolute atomic E-state index is 0.0193. The lowest BCUT2D eigenvalue weighted by Gasteiger charge is -2.17. The molecule has 0 fully saturated rings. The molecule has 1 heterocycles. The molecule has 0 aliphatic carbocycles. The molecule has 5 nitrogen and oxygen atoms in total. The molecule has 154 valence electrons. The van der Waals surface area contributed by atoms with Crippen LogP contribution in [0.5, 0.6) is 0 Å². The maximum Gasteiger partial charge on any atom is 0.233 e. The van der Waals surface area contributed by atoms with Crippen LogP contribution in [-0.2, 0) is 11.3 Å². The molecule has 0 bridgehead atoms. The Hall–Kier alpha value is -3.51. The van der Waals surface area contributed by atoms with E-state index in [2.05, 4.69) is 10.2 Å². The summed E-state index contributed by atoms with van der Waals surface area (Å²) in [7, 11) is 1.81. The van der Waals surface area contributed by atoms with E-state index in [0.717, 1.165) is 28.1 Å². The van der Waals surface area contributed by atoms with Crippen LogP contribution < -0.4 is 0 Å². The zero-order valence-electron chi connectivity index (χ0n) is 17.2. The van der Waals surface area contributed by atoms with E-state index in [-0.39, 0.29) is 11.7 Å². The van der Waals surface area contributed by atoms with Gasteiger partial charge in [-0.1, -0.05) is 103 Å². The number of thioether (sulfide) groups is 1. The van der Waals surface area contributed by atoms with Gasteiger partial charge >= 0.3 is 0 Å². The maximum absolute atomic E-state index is 12.6. The number of hydrogen-bond donors (Lipinski definition) is 0. The van der Waals surface area contributed by atoms with E-state index in [1.165, 1.54) is 11.8 Å². The van der Waals surface area contributed by atoms with Crippen molar-refractivity contribution in [1.29, 1.82) is 0 Å². The van der Waals surface area contributed by atoms with E-state index in [1.54, 1.807) is 4.90 Å². The van der Waals surface area contributed by atoms with Crippen molar-refractivity contribution < 1.29 is 4.79 Å². The highest BCUT2D eigenvalue weighted by atomic mass is 32.2. The highest BCUT2D eigenvalue weighted by Crippen LogP contribution is 2.29. The second kappa shape index (κ2) is 10.00. The Morgan fingerprint density at radius 2 is 1.32 bits per heavy atom. The van der Waals surface area contributed by atoms with Crippen LogP contribution >= 0.6 is 11.8 Å². The van der Waals surface area contributed by atoms with Crippen LogP contribution in [0.1, 0.15) is 5.56 Å². The first kappa shape index (κ1) is 20.8. The highest BCUT2D eigenvalue weighted by Gasteiger charge is 2.16. The van der Waals surface area contributed by atoms with Gasteiger partial charge in [-0.2, -0.15) is 0 Å². The molecular weight excluding hydrogens is 404 g/mol. The van der Waals surface area contributed by atoms with Gasteiger partial charge in [-0.25, -0.2) is 4.98 Å². The molecule has 1 aromatic heterocycles. The lowest BCUT2D eigenvalue weighted by atomic mass is 10.0. The molecule has 4 rings (SSSR count). The Balaban J connectivity index is 1.52. The summed E-state index contributed by atoms with van der Waals surface area (Å²) in [6.07, 6.45) is 0. The third-order valence-electron chi connectivity index (χ3n) is 4.77. The standard InChI is InChI=1S/C25H22N4OS/c1-29(17-19-11-5-2-6-12-19)22(30)18-31-25-26-23(20-13-7-3-8-14-20)24(27-28-25)21-15-9-4-10-16-21/h2-16H,17-18H2,1H3. The van der Waals surface area contributed by atoms with Gasteiger partial charge in [-0.05, 0) is 5.56 Å². The molecule has 0 unspecified atom stereocenters. The van der Waals surface area contributed by atoms with E-state index in [0.29, 0.717) is 11.7 Å². The first-order valence-electron chi connectivity index (χ1n) is 9.97. The summed E-state index contributed by atoms with van der Waals surface area (Å²) in [6.45, 7) is 0.571. The fourth-order valence-electron chi connectivity index (χ4n) is 3.14. The number of amides is 1. The molecule has 0 spiro atoms. The number of carbonyl (C=O) groups is 1. The number of rotatable bonds is 7. The Morgan fingerprint density at radius 1 is 0.774 bits per heavy atom. The van der Waals surface area contributed by atoms with Crippen LogP contribution in [0.4, 0.5) is 0 Å². The summed E-state index contributed by atoms with van der Waals surface area (Å²) in [5, 5.41) is 9.23. The third-order valence-corrected chi connectivity index (χ3v) is 5.60. The average molecular weight is 427 g/mol. The molecule has 0 saturated carbocycles. The van der Waals surface area contributed by atoms with Crippen molar-refractivity contribution in [3.05, 3.63) is 96.6 Å². The van der Waals surface area contributed by atoms with Gasteiger partial charge in [-0.15, -0.1) is 10.2 Å². The molecule has 0 radical (unpaired) electrons. The molecule has 4 aromatic rings. The fraction of sp³-hybridized carbons (Fsp3) is 0.120. The predicted molar refractivity (Wildman–Crippen MR) is 124 cm³/mol. The molecule has 1 amide bonds. The van der Waals surface area contributed by atoms with Gasteiger partial charge in [0.2, 0.25) is 11.1 Å². The Labute approximate surface area is 186 Å². The molecule has 0 aliphatic heterocycles. The minimum Gasteiger partial charge on any atom is -0.341 e. The van der Waals surface area contributed by atoms with E-state index < -0.39 is 0 Å². The lowest BCUT2D eigenvalue weighted by molar-refractivity contribution is -0.127. The number of hydrogen-bond acceptors (Lipinski definition) is 5. The van der Waals surface area contributed by atoms with Crippen molar-refractivity contribution >= 4 is 17.7 Å². The number of nitrogens with zero attached hydrogens (tertiary/aromatic N) is 4. The third kappa shape index (κ3) is 5.35. The van der Waals surface area contributed by atoms with E-state index in [9.17, 15) is 4.79 Å². The van der Waals surface area contributed by atoms with Crippen molar-refractivity contribution in [2.24, 2.45) is 0 Å². The minimum atomic E-state index is 0.0193. The molecular formula is C25H22N4OS. The van der Waals surface area contributed by atoms with Crippen molar-refractivity contribution in [1.82, 2.24) is 20.1 Å². The van der Waals surface area contributed by atoms with Crippen LogP contribution in [0.25, 0.3) is 22.5 Å². The maximum atomic E-state index is 12.6. The van der Waals surface area contributed by atoms with Crippen molar-refractivity contribution in [3.8, 4) is 22.5 Å². The SMILES string of the molecule is CN(Cc1ccccc1)C(=O)CSc1nnc(-c2ccccc2)c(-c2ccccc2)n1. The van der Waals surface area contributed by atoms with Crippen LogP contribution in [0.3, 0.4) is 0 Å². The monoisotopic (exact) mass is 426 g/mol. The molecule has 3 aromatic carbocycles. The molecule has 0 atom stereocenters. The van der Waals surface area contributed by atoms with Crippen LogP contribution in [0.15, 0.2) is 96.2 Å². The topological polar surface area (TPSA) is 59.0 Å². The summed E-state index contributed by atoms with van der Waals surface area (Å²) in [4.78, 5) is 19.1. The van der Waals surface area contributed by atoms with Crippen LogP contribution in [0.2, 0.25) is 0 Å². The lowest BCUT2D eigenvalue weighted by Crippen LogP contribution is -2.27. The van der Waals surface area contributed by atoms with E-state index >= 15 is 0 Å². The largest absolute Gasteiger partial charge is 0.341 e. The first-order valence-corrected chi connectivity index (χ1v) is 11.0. The fourth-order valence-corrected chi connectivity index (χ4v) is 3.87. The van der Waals surface area contributed by atoms with Gasteiger partial charge in [0.05, 0.1) is 5.75 Å². The van der Waals surface area contributed by atoms with Crippen molar-refractivity contribution in [3.63, 3.8) is 0 Å². The average Bonchev–Trinajstić information content (AvgIpc) is 2.84. The Bertz CT molecular complexity index is 1140. The molecule has 0 N–H and O–H groups in total. The van der Waals surface area contributed by atoms with Crippen molar-refractivity contribution in [2.75, 3.05) is 12.8 Å².